The summed E-state index contributed by atoms with van der Waals surface area (Å²) in [4.78, 5) is 22.5. The predicted octanol–water partition coefficient (Wildman–Crippen LogP) is 2.09. The molecule has 0 radical (unpaired) electrons. The Labute approximate surface area is 158 Å². The Morgan fingerprint density at radius 2 is 1.48 bits per heavy atom. The summed E-state index contributed by atoms with van der Waals surface area (Å²) in [5, 5.41) is 10.9. The number of nitrogens with zero attached hydrogens (tertiary/aromatic N) is 1. The highest BCUT2D eigenvalue weighted by Crippen LogP contribution is 2.24. The first-order chi connectivity index (χ1) is 12.7. The number of carbonyl (C=O) groups excluding carboxylic acids is 1. The van der Waals surface area contributed by atoms with E-state index in [-0.39, 0.29) is 17.9 Å². The Kier molecular flexibility index (Phi) is 6.57. The molecule has 0 aliphatic rings. The maximum absolute atomic E-state index is 13.1. The van der Waals surface area contributed by atoms with Gasteiger partial charge in [0.05, 0.1) is 10.6 Å². The summed E-state index contributed by atoms with van der Waals surface area (Å²) in [6.07, 6.45) is -0.160. The summed E-state index contributed by atoms with van der Waals surface area (Å²) < 4.78 is 27.4. The molecule has 2 aromatic rings. The van der Waals surface area contributed by atoms with Crippen molar-refractivity contribution in [2.75, 3.05) is 17.4 Å². The fourth-order valence-electron chi connectivity index (χ4n) is 2.40. The molecule has 2 aromatic carbocycles. The highest BCUT2D eigenvalue weighted by Gasteiger charge is 2.25. The summed E-state index contributed by atoms with van der Waals surface area (Å²) in [5.74, 6) is -1.69. The van der Waals surface area contributed by atoms with E-state index >= 15 is 0 Å². The minimum atomic E-state index is -3.87. The second-order valence-corrected chi connectivity index (χ2v) is 8.01. The van der Waals surface area contributed by atoms with Crippen LogP contribution in [0.15, 0.2) is 53.4 Å². The van der Waals surface area contributed by atoms with E-state index in [1.807, 2.05) is 13.8 Å². The number of benzene rings is 2. The minimum Gasteiger partial charge on any atom is -0.480 e. The summed E-state index contributed by atoms with van der Waals surface area (Å²) in [6, 6.07) is 13.4. The average Bonchev–Trinajstić information content (AvgIpc) is 2.62. The van der Waals surface area contributed by atoms with Crippen LogP contribution in [-0.4, -0.2) is 38.5 Å². The van der Waals surface area contributed by atoms with Gasteiger partial charge >= 0.3 is 5.97 Å². The standard InChI is InChI=1S/C19H22N2O5S/c1-14-3-7-16(8-4-14)21(12-11-18(22)20-13-19(23)24)27(25,26)17-9-5-15(2)6-10-17/h3-10H,11-13H2,1-2H3,(H,20,22)(H,23,24). The molecule has 0 aromatic heterocycles. The van der Waals surface area contributed by atoms with Crippen molar-refractivity contribution >= 4 is 27.6 Å². The van der Waals surface area contributed by atoms with Gasteiger partial charge in [-0.25, -0.2) is 8.42 Å². The van der Waals surface area contributed by atoms with Crippen LogP contribution in [0, 0.1) is 13.8 Å². The average molecular weight is 390 g/mol. The molecule has 0 unspecified atom stereocenters. The van der Waals surface area contributed by atoms with E-state index in [0.29, 0.717) is 5.69 Å². The van der Waals surface area contributed by atoms with Crippen LogP contribution in [0.5, 0.6) is 0 Å². The van der Waals surface area contributed by atoms with Gasteiger partial charge in [0.2, 0.25) is 5.91 Å². The molecular weight excluding hydrogens is 368 g/mol. The molecule has 0 heterocycles. The molecule has 27 heavy (non-hydrogen) atoms. The number of sulfonamides is 1. The normalized spacial score (nSPS) is 11.0. The Hall–Kier alpha value is -2.87. The molecule has 2 rings (SSSR count). The Morgan fingerprint density at radius 1 is 0.963 bits per heavy atom. The van der Waals surface area contributed by atoms with E-state index in [1.54, 1.807) is 36.4 Å². The third kappa shape index (κ3) is 5.55. The van der Waals surface area contributed by atoms with Crippen molar-refractivity contribution in [3.05, 3.63) is 59.7 Å². The largest absolute Gasteiger partial charge is 0.480 e. The van der Waals surface area contributed by atoms with E-state index < -0.39 is 28.4 Å². The molecule has 8 heteroatoms. The van der Waals surface area contributed by atoms with E-state index in [4.69, 9.17) is 5.11 Å². The molecule has 2 N–H and O–H groups in total. The van der Waals surface area contributed by atoms with Gasteiger partial charge in [-0.15, -0.1) is 0 Å². The Balaban J connectivity index is 2.29. The highest BCUT2D eigenvalue weighted by molar-refractivity contribution is 7.92. The van der Waals surface area contributed by atoms with Crippen LogP contribution < -0.4 is 9.62 Å². The number of hydrogen-bond donors (Lipinski definition) is 2. The molecule has 0 aliphatic carbocycles. The molecule has 144 valence electrons. The summed E-state index contributed by atoms with van der Waals surface area (Å²) in [7, 11) is -3.87. The quantitative estimate of drug-likeness (QED) is 0.718. The summed E-state index contributed by atoms with van der Waals surface area (Å²) in [5.41, 5.74) is 2.35. The predicted molar refractivity (Wildman–Crippen MR) is 102 cm³/mol. The first kappa shape index (κ1) is 20.4. The van der Waals surface area contributed by atoms with E-state index in [2.05, 4.69) is 5.32 Å². The lowest BCUT2D eigenvalue weighted by Crippen LogP contribution is -2.36. The smallest absolute Gasteiger partial charge is 0.322 e. The number of amides is 1. The number of carbonyl (C=O) groups is 2. The van der Waals surface area contributed by atoms with Crippen molar-refractivity contribution in [2.45, 2.75) is 25.2 Å². The molecule has 0 saturated carbocycles. The lowest BCUT2D eigenvalue weighted by atomic mass is 10.2. The van der Waals surface area contributed by atoms with Gasteiger partial charge in [0.25, 0.3) is 10.0 Å². The van der Waals surface area contributed by atoms with Gasteiger partial charge in [-0.2, -0.15) is 0 Å². The van der Waals surface area contributed by atoms with Gasteiger partial charge in [-0.05, 0) is 38.1 Å². The van der Waals surface area contributed by atoms with Crippen LogP contribution in [0.4, 0.5) is 5.69 Å². The van der Waals surface area contributed by atoms with Crippen molar-refractivity contribution < 1.29 is 23.1 Å². The number of rotatable bonds is 8. The molecule has 0 bridgehead atoms. The summed E-state index contributed by atoms with van der Waals surface area (Å²) >= 11 is 0. The third-order valence-corrected chi connectivity index (χ3v) is 5.75. The molecule has 0 spiro atoms. The fraction of sp³-hybridized carbons (Fsp3) is 0.263. The van der Waals surface area contributed by atoms with E-state index in [9.17, 15) is 18.0 Å². The zero-order chi connectivity index (χ0) is 20.0. The number of carboxylic acids is 1. The van der Waals surface area contributed by atoms with Crippen molar-refractivity contribution in [3.63, 3.8) is 0 Å². The maximum atomic E-state index is 13.1. The number of hydrogen-bond acceptors (Lipinski definition) is 4. The maximum Gasteiger partial charge on any atom is 0.322 e. The first-order valence-electron chi connectivity index (χ1n) is 8.35. The molecule has 0 atom stereocenters. The van der Waals surface area contributed by atoms with Crippen LogP contribution >= 0.6 is 0 Å². The van der Waals surface area contributed by atoms with Crippen molar-refractivity contribution in [1.29, 1.82) is 0 Å². The van der Waals surface area contributed by atoms with Crippen molar-refractivity contribution in [3.8, 4) is 0 Å². The van der Waals surface area contributed by atoms with E-state index in [1.165, 1.54) is 12.1 Å². The zero-order valence-corrected chi connectivity index (χ0v) is 16.0. The summed E-state index contributed by atoms with van der Waals surface area (Å²) in [6.45, 7) is 3.14. The second-order valence-electron chi connectivity index (χ2n) is 6.15. The lowest BCUT2D eigenvalue weighted by molar-refractivity contribution is -0.137. The Bertz CT molecular complexity index is 906. The first-order valence-corrected chi connectivity index (χ1v) is 9.79. The van der Waals surface area contributed by atoms with Gasteiger partial charge in [0.15, 0.2) is 0 Å². The molecule has 7 nitrogen and oxygen atoms in total. The van der Waals surface area contributed by atoms with Gasteiger partial charge in [-0.1, -0.05) is 35.4 Å². The van der Waals surface area contributed by atoms with Gasteiger partial charge in [-0.3, -0.25) is 13.9 Å². The van der Waals surface area contributed by atoms with Crippen LogP contribution in [0.25, 0.3) is 0 Å². The van der Waals surface area contributed by atoms with Crippen LogP contribution in [-0.2, 0) is 19.6 Å². The minimum absolute atomic E-state index is 0.106. The zero-order valence-electron chi connectivity index (χ0n) is 15.2. The topological polar surface area (TPSA) is 104 Å². The molecule has 1 amide bonds. The number of nitrogens with one attached hydrogen (secondary N) is 1. The Morgan fingerprint density at radius 3 is 2.00 bits per heavy atom. The monoisotopic (exact) mass is 390 g/mol. The van der Waals surface area contributed by atoms with Crippen molar-refractivity contribution in [2.24, 2.45) is 0 Å². The number of anilines is 1. The van der Waals surface area contributed by atoms with Gasteiger partial charge in [0, 0.05) is 13.0 Å². The second kappa shape index (κ2) is 8.68. The van der Waals surface area contributed by atoms with Crippen LogP contribution in [0.2, 0.25) is 0 Å². The molecule has 0 fully saturated rings. The number of aryl methyl sites for hydroxylation is 2. The fourth-order valence-corrected chi connectivity index (χ4v) is 3.87. The molecule has 0 aliphatic heterocycles. The molecule has 0 saturated heterocycles. The number of carboxylic acid groups (broad SMARTS) is 1. The third-order valence-electron chi connectivity index (χ3n) is 3.91. The number of aliphatic carboxylic acids is 1. The van der Waals surface area contributed by atoms with Gasteiger partial charge < -0.3 is 10.4 Å². The van der Waals surface area contributed by atoms with Crippen molar-refractivity contribution in [1.82, 2.24) is 5.32 Å². The lowest BCUT2D eigenvalue weighted by Gasteiger charge is -2.24. The highest BCUT2D eigenvalue weighted by atomic mass is 32.2. The van der Waals surface area contributed by atoms with Gasteiger partial charge in [0.1, 0.15) is 6.54 Å². The van der Waals surface area contributed by atoms with Crippen LogP contribution in [0.3, 0.4) is 0 Å². The SMILES string of the molecule is Cc1ccc(N(CCC(=O)NCC(=O)O)S(=O)(=O)c2ccc(C)cc2)cc1. The van der Waals surface area contributed by atoms with Crippen LogP contribution in [0.1, 0.15) is 17.5 Å². The van der Waals surface area contributed by atoms with E-state index in [0.717, 1.165) is 15.4 Å². The molecular formula is C19H22N2O5S.